The normalized spacial score (nSPS) is 11.1. The lowest BCUT2D eigenvalue weighted by Crippen LogP contribution is -2.10. The van der Waals surface area contributed by atoms with Crippen LogP contribution in [0, 0.1) is 6.92 Å². The van der Waals surface area contributed by atoms with Gasteiger partial charge >= 0.3 is 16.1 Å². The second-order valence-electron chi connectivity index (χ2n) is 4.85. The first-order chi connectivity index (χ1) is 10.8. The molecule has 0 saturated heterocycles. The van der Waals surface area contributed by atoms with Crippen LogP contribution in [0.1, 0.15) is 11.1 Å². The van der Waals surface area contributed by atoms with E-state index in [0.29, 0.717) is 5.56 Å². The van der Waals surface area contributed by atoms with Gasteiger partial charge < -0.3 is 8.92 Å². The van der Waals surface area contributed by atoms with Crippen LogP contribution in [0.3, 0.4) is 0 Å². The van der Waals surface area contributed by atoms with E-state index in [4.69, 9.17) is 4.18 Å². The second-order valence-corrected chi connectivity index (χ2v) is 7.25. The molecule has 2 aromatic rings. The van der Waals surface area contributed by atoms with Gasteiger partial charge in [-0.3, -0.25) is 4.79 Å². The van der Waals surface area contributed by atoms with Gasteiger partial charge in [0.05, 0.1) is 13.5 Å². The fourth-order valence-electron chi connectivity index (χ4n) is 1.85. The highest BCUT2D eigenvalue weighted by Crippen LogP contribution is 2.23. The fraction of sp³-hybridized carbons (Fsp3) is 0.188. The number of rotatable bonds is 5. The molecule has 0 aromatic heterocycles. The predicted molar refractivity (Wildman–Crippen MR) is 88.9 cm³/mol. The van der Waals surface area contributed by atoms with Crippen molar-refractivity contribution >= 4 is 32.0 Å². The molecule has 0 fully saturated rings. The second kappa shape index (κ2) is 7.14. The van der Waals surface area contributed by atoms with Crippen molar-refractivity contribution in [2.45, 2.75) is 18.2 Å². The SMILES string of the molecule is COC(=O)Cc1ccc(OS(=O)(=O)c2ccc(Br)c(C)c2)cc1. The molecule has 5 nitrogen and oxygen atoms in total. The highest BCUT2D eigenvalue weighted by molar-refractivity contribution is 9.10. The van der Waals surface area contributed by atoms with Gasteiger partial charge in [0.2, 0.25) is 0 Å². The van der Waals surface area contributed by atoms with Gasteiger partial charge in [-0.1, -0.05) is 28.1 Å². The molecule has 0 unspecified atom stereocenters. The molecule has 23 heavy (non-hydrogen) atoms. The van der Waals surface area contributed by atoms with E-state index in [1.54, 1.807) is 25.1 Å². The molecule has 0 aliphatic rings. The molecular weight excluding hydrogens is 384 g/mol. The minimum atomic E-state index is -3.91. The number of halogens is 1. The van der Waals surface area contributed by atoms with Gasteiger partial charge in [0, 0.05) is 4.47 Å². The Labute approximate surface area is 143 Å². The summed E-state index contributed by atoms with van der Waals surface area (Å²) < 4.78 is 35.0. The maximum Gasteiger partial charge on any atom is 0.339 e. The summed E-state index contributed by atoms with van der Waals surface area (Å²) in [6, 6.07) is 10.9. The van der Waals surface area contributed by atoms with Crippen LogP contribution in [0.4, 0.5) is 0 Å². The monoisotopic (exact) mass is 398 g/mol. The molecule has 2 rings (SSSR count). The first-order valence-electron chi connectivity index (χ1n) is 6.68. The van der Waals surface area contributed by atoms with Crippen molar-refractivity contribution in [3.63, 3.8) is 0 Å². The molecule has 2 aromatic carbocycles. The smallest absolute Gasteiger partial charge is 0.339 e. The van der Waals surface area contributed by atoms with E-state index in [1.807, 2.05) is 0 Å². The predicted octanol–water partition coefficient (Wildman–Crippen LogP) is 3.24. The number of carbonyl (C=O) groups excluding carboxylic acids is 1. The molecule has 0 heterocycles. The Kier molecular flexibility index (Phi) is 5.43. The van der Waals surface area contributed by atoms with E-state index in [1.165, 1.54) is 31.4 Å². The summed E-state index contributed by atoms with van der Waals surface area (Å²) in [7, 11) is -2.59. The number of carbonyl (C=O) groups is 1. The van der Waals surface area contributed by atoms with Crippen LogP contribution in [0.15, 0.2) is 51.8 Å². The van der Waals surface area contributed by atoms with Gasteiger partial charge in [0.25, 0.3) is 0 Å². The molecular formula is C16H15BrO5S. The quantitative estimate of drug-likeness (QED) is 0.570. The molecule has 0 spiro atoms. The highest BCUT2D eigenvalue weighted by Gasteiger charge is 2.17. The summed E-state index contributed by atoms with van der Waals surface area (Å²) in [5.74, 6) is -0.184. The van der Waals surface area contributed by atoms with Crippen LogP contribution in [0.2, 0.25) is 0 Å². The maximum absolute atomic E-state index is 12.3. The van der Waals surface area contributed by atoms with Gasteiger partial charge in [-0.2, -0.15) is 8.42 Å². The third-order valence-electron chi connectivity index (χ3n) is 3.12. The first-order valence-corrected chi connectivity index (χ1v) is 8.88. The Bertz CT molecular complexity index is 813. The topological polar surface area (TPSA) is 69.7 Å². The van der Waals surface area contributed by atoms with E-state index < -0.39 is 10.1 Å². The van der Waals surface area contributed by atoms with Gasteiger partial charge in [-0.05, 0) is 48.4 Å². The standard InChI is InChI=1S/C16H15BrO5S/c1-11-9-14(7-8-15(11)17)23(19,20)22-13-5-3-12(4-6-13)10-16(18)21-2/h3-9H,10H2,1-2H3. The summed E-state index contributed by atoms with van der Waals surface area (Å²) in [4.78, 5) is 11.3. The minimum Gasteiger partial charge on any atom is -0.469 e. The Hall–Kier alpha value is -1.86. The lowest BCUT2D eigenvalue weighted by atomic mass is 10.1. The van der Waals surface area contributed by atoms with Crippen LogP contribution in [-0.2, 0) is 26.1 Å². The number of ether oxygens (including phenoxy) is 1. The van der Waals surface area contributed by atoms with E-state index >= 15 is 0 Å². The van der Waals surface area contributed by atoms with Gasteiger partial charge in [0.1, 0.15) is 10.6 Å². The number of hydrogen-bond acceptors (Lipinski definition) is 5. The van der Waals surface area contributed by atoms with Crippen LogP contribution in [0.5, 0.6) is 5.75 Å². The van der Waals surface area contributed by atoms with E-state index in [9.17, 15) is 13.2 Å². The summed E-state index contributed by atoms with van der Waals surface area (Å²) in [6.07, 6.45) is 0.120. The minimum absolute atomic E-state index is 0.0804. The summed E-state index contributed by atoms with van der Waals surface area (Å²) in [5, 5.41) is 0. The average molecular weight is 399 g/mol. The fourth-order valence-corrected chi connectivity index (χ4v) is 3.11. The van der Waals surface area contributed by atoms with Crippen LogP contribution >= 0.6 is 15.9 Å². The molecule has 7 heteroatoms. The lowest BCUT2D eigenvalue weighted by Gasteiger charge is -2.09. The molecule has 0 atom stereocenters. The Morgan fingerprint density at radius 1 is 1.13 bits per heavy atom. The van der Waals surface area contributed by atoms with Crippen molar-refractivity contribution in [3.8, 4) is 5.75 Å². The maximum atomic E-state index is 12.3. The first kappa shape index (κ1) is 17.5. The zero-order valence-corrected chi connectivity index (χ0v) is 15.0. The zero-order chi connectivity index (χ0) is 17.0. The molecule has 0 amide bonds. The molecule has 0 saturated carbocycles. The van der Waals surface area contributed by atoms with E-state index in [-0.39, 0.29) is 23.0 Å². The molecule has 0 bridgehead atoms. The Balaban J connectivity index is 2.17. The third kappa shape index (κ3) is 4.56. The molecule has 0 N–H and O–H groups in total. The molecule has 0 radical (unpaired) electrons. The molecule has 0 aliphatic heterocycles. The zero-order valence-electron chi connectivity index (χ0n) is 12.6. The third-order valence-corrected chi connectivity index (χ3v) is 5.26. The van der Waals surface area contributed by atoms with Crippen molar-refractivity contribution < 1.29 is 22.1 Å². The lowest BCUT2D eigenvalue weighted by molar-refractivity contribution is -0.139. The Morgan fingerprint density at radius 3 is 2.35 bits per heavy atom. The highest BCUT2D eigenvalue weighted by atomic mass is 79.9. The number of benzene rings is 2. The summed E-state index contributed by atoms with van der Waals surface area (Å²) in [5.41, 5.74) is 1.50. The van der Waals surface area contributed by atoms with Crippen LogP contribution < -0.4 is 4.18 Å². The van der Waals surface area contributed by atoms with E-state index in [2.05, 4.69) is 20.7 Å². The largest absolute Gasteiger partial charge is 0.469 e. The number of methoxy groups -OCH3 is 1. The number of aryl methyl sites for hydroxylation is 1. The van der Waals surface area contributed by atoms with Gasteiger partial charge in [-0.15, -0.1) is 0 Å². The van der Waals surface area contributed by atoms with Crippen molar-refractivity contribution in [1.29, 1.82) is 0 Å². The van der Waals surface area contributed by atoms with Gasteiger partial charge in [-0.25, -0.2) is 0 Å². The van der Waals surface area contributed by atoms with Crippen molar-refractivity contribution in [2.75, 3.05) is 7.11 Å². The van der Waals surface area contributed by atoms with E-state index in [0.717, 1.165) is 10.0 Å². The summed E-state index contributed by atoms with van der Waals surface area (Å²) in [6.45, 7) is 1.80. The van der Waals surface area contributed by atoms with Gasteiger partial charge in [0.15, 0.2) is 0 Å². The average Bonchev–Trinajstić information content (AvgIpc) is 2.51. The molecule has 0 aliphatic carbocycles. The number of hydrogen-bond donors (Lipinski definition) is 0. The van der Waals surface area contributed by atoms with Crippen molar-refractivity contribution in [3.05, 3.63) is 58.1 Å². The Morgan fingerprint density at radius 2 is 1.78 bits per heavy atom. The van der Waals surface area contributed by atoms with Crippen LogP contribution in [0.25, 0.3) is 0 Å². The van der Waals surface area contributed by atoms with Crippen molar-refractivity contribution in [1.82, 2.24) is 0 Å². The molecule has 122 valence electrons. The van der Waals surface area contributed by atoms with Crippen LogP contribution in [-0.4, -0.2) is 21.5 Å². The van der Waals surface area contributed by atoms with Crippen molar-refractivity contribution in [2.24, 2.45) is 0 Å². The summed E-state index contributed by atoms with van der Waals surface area (Å²) >= 11 is 3.32. The number of esters is 1.